The van der Waals surface area contributed by atoms with Gasteiger partial charge in [0.2, 0.25) is 0 Å². The van der Waals surface area contributed by atoms with Crippen molar-refractivity contribution in [3.8, 4) is 6.07 Å². The average molecular weight is 403 g/mol. The lowest BCUT2D eigenvalue weighted by atomic mass is 10.0. The monoisotopic (exact) mass is 402 g/mol. The van der Waals surface area contributed by atoms with Crippen LogP contribution in [0.3, 0.4) is 0 Å². The fourth-order valence-corrected chi connectivity index (χ4v) is 4.55. The molecule has 0 aliphatic heterocycles. The highest BCUT2D eigenvalue weighted by atomic mass is 35.5. The van der Waals surface area contributed by atoms with Crippen molar-refractivity contribution in [1.82, 2.24) is 4.98 Å². The second-order valence-electron chi connectivity index (χ2n) is 6.76. The summed E-state index contributed by atoms with van der Waals surface area (Å²) in [6, 6.07) is 20.4. The average Bonchev–Trinajstić information content (AvgIpc) is 3.20. The Morgan fingerprint density at radius 1 is 1.04 bits per heavy atom. The first-order valence-electron chi connectivity index (χ1n) is 9.31. The zero-order valence-electron chi connectivity index (χ0n) is 15.4. The Morgan fingerprint density at radius 2 is 1.82 bits per heavy atom. The van der Waals surface area contributed by atoms with Crippen molar-refractivity contribution < 1.29 is 0 Å². The number of halogens is 1. The van der Waals surface area contributed by atoms with Crippen molar-refractivity contribution in [1.29, 1.82) is 5.26 Å². The van der Waals surface area contributed by atoms with Crippen molar-refractivity contribution in [3.63, 3.8) is 0 Å². The molecule has 0 saturated carbocycles. The molecule has 138 valence electrons. The number of nitriles is 1. The molecule has 0 atom stereocenters. The molecule has 0 fully saturated rings. The van der Waals surface area contributed by atoms with Gasteiger partial charge >= 0.3 is 0 Å². The molecule has 1 heterocycles. The van der Waals surface area contributed by atoms with Crippen LogP contribution in [0.4, 0.5) is 0 Å². The van der Waals surface area contributed by atoms with Gasteiger partial charge in [-0.25, -0.2) is 4.98 Å². The minimum Gasteiger partial charge on any atom is -0.245 e. The van der Waals surface area contributed by atoms with Crippen LogP contribution >= 0.6 is 23.4 Å². The summed E-state index contributed by atoms with van der Waals surface area (Å²) in [5.74, 6) is 0.763. The summed E-state index contributed by atoms with van der Waals surface area (Å²) in [5, 5.41) is 11.5. The second-order valence-corrected chi connectivity index (χ2v) is 8.16. The number of fused-ring (bicyclic) bond motifs is 1. The maximum Gasteiger partial charge on any atom is 0.115 e. The Labute approximate surface area is 174 Å². The molecule has 1 aliphatic carbocycles. The standard InChI is InChI=1S/C24H19ClN2S/c25-19-12-9-18(10-13-19)16-28-24-22(15-26)20(21-7-4-8-23(21)27-24)14-11-17-5-2-1-3-6-17/h1-3,5-6,9-14H,4,7-8,16H2/b14-11-. The van der Waals surface area contributed by atoms with Gasteiger partial charge in [0.15, 0.2) is 0 Å². The van der Waals surface area contributed by atoms with Crippen LogP contribution in [-0.4, -0.2) is 4.98 Å². The molecular formula is C24H19ClN2S. The lowest BCUT2D eigenvalue weighted by Crippen LogP contribution is -2.00. The van der Waals surface area contributed by atoms with E-state index in [0.29, 0.717) is 5.56 Å². The Hall–Kier alpha value is -2.54. The topological polar surface area (TPSA) is 36.7 Å². The fraction of sp³-hybridized carbons (Fsp3) is 0.167. The molecule has 4 heteroatoms. The summed E-state index contributed by atoms with van der Waals surface area (Å²) in [6.45, 7) is 0. The predicted molar refractivity (Wildman–Crippen MR) is 117 cm³/mol. The summed E-state index contributed by atoms with van der Waals surface area (Å²) in [5.41, 5.74) is 6.40. The summed E-state index contributed by atoms with van der Waals surface area (Å²) >= 11 is 7.60. The first kappa shape index (κ1) is 18.8. The van der Waals surface area contributed by atoms with Gasteiger partial charge in [-0.2, -0.15) is 5.26 Å². The van der Waals surface area contributed by atoms with E-state index in [0.717, 1.165) is 51.9 Å². The maximum atomic E-state index is 9.91. The third-order valence-corrected chi connectivity index (χ3v) is 6.17. The van der Waals surface area contributed by atoms with E-state index in [2.05, 4.69) is 30.4 Å². The summed E-state index contributed by atoms with van der Waals surface area (Å²) < 4.78 is 0. The van der Waals surface area contributed by atoms with Crippen LogP contribution in [0, 0.1) is 11.3 Å². The van der Waals surface area contributed by atoms with E-state index in [1.54, 1.807) is 11.8 Å². The van der Waals surface area contributed by atoms with Crippen LogP contribution in [0.2, 0.25) is 5.02 Å². The molecular weight excluding hydrogens is 384 g/mol. The Morgan fingerprint density at radius 3 is 2.57 bits per heavy atom. The first-order valence-corrected chi connectivity index (χ1v) is 10.7. The number of rotatable bonds is 5. The summed E-state index contributed by atoms with van der Waals surface area (Å²) in [7, 11) is 0. The summed E-state index contributed by atoms with van der Waals surface area (Å²) in [6.07, 6.45) is 7.26. The highest BCUT2D eigenvalue weighted by Gasteiger charge is 2.22. The highest BCUT2D eigenvalue weighted by molar-refractivity contribution is 7.98. The van der Waals surface area contributed by atoms with Crippen LogP contribution in [-0.2, 0) is 18.6 Å². The zero-order chi connectivity index (χ0) is 19.3. The smallest absolute Gasteiger partial charge is 0.115 e. The minimum atomic E-state index is 0.687. The van der Waals surface area contributed by atoms with E-state index in [1.165, 1.54) is 11.1 Å². The molecule has 0 radical (unpaired) electrons. The maximum absolute atomic E-state index is 9.91. The first-order chi connectivity index (χ1) is 13.7. The molecule has 0 N–H and O–H groups in total. The molecule has 1 aliphatic rings. The van der Waals surface area contributed by atoms with E-state index < -0.39 is 0 Å². The molecule has 0 unspecified atom stereocenters. The molecule has 2 nitrogen and oxygen atoms in total. The molecule has 0 bridgehead atoms. The van der Waals surface area contributed by atoms with Gasteiger partial charge in [0.25, 0.3) is 0 Å². The number of thioether (sulfide) groups is 1. The van der Waals surface area contributed by atoms with Crippen LogP contribution in [0.1, 0.15) is 39.9 Å². The second kappa shape index (κ2) is 8.65. The number of benzene rings is 2. The van der Waals surface area contributed by atoms with Crippen molar-refractivity contribution in [3.05, 3.63) is 93.1 Å². The van der Waals surface area contributed by atoms with E-state index in [9.17, 15) is 5.26 Å². The van der Waals surface area contributed by atoms with Crippen LogP contribution in [0.5, 0.6) is 0 Å². The van der Waals surface area contributed by atoms with Gasteiger partial charge in [-0.05, 0) is 53.6 Å². The van der Waals surface area contributed by atoms with E-state index in [-0.39, 0.29) is 0 Å². The molecule has 0 amide bonds. The van der Waals surface area contributed by atoms with Gasteiger partial charge in [0.1, 0.15) is 11.1 Å². The number of nitrogens with zero attached hydrogens (tertiary/aromatic N) is 2. The molecule has 28 heavy (non-hydrogen) atoms. The molecule has 3 aromatic rings. The van der Waals surface area contributed by atoms with E-state index in [1.807, 2.05) is 42.5 Å². The van der Waals surface area contributed by atoms with Crippen LogP contribution in [0.15, 0.2) is 59.6 Å². The van der Waals surface area contributed by atoms with Crippen molar-refractivity contribution in [2.45, 2.75) is 30.0 Å². The molecule has 0 saturated heterocycles. The van der Waals surface area contributed by atoms with E-state index in [4.69, 9.17) is 16.6 Å². The summed E-state index contributed by atoms with van der Waals surface area (Å²) in [4.78, 5) is 4.85. The Kier molecular flexibility index (Phi) is 5.81. The number of hydrogen-bond donors (Lipinski definition) is 0. The quantitative estimate of drug-likeness (QED) is 0.453. The highest BCUT2D eigenvalue weighted by Crippen LogP contribution is 2.34. The van der Waals surface area contributed by atoms with Gasteiger partial charge in [-0.15, -0.1) is 11.8 Å². The zero-order valence-corrected chi connectivity index (χ0v) is 16.9. The predicted octanol–water partition coefficient (Wildman–Crippen LogP) is 6.56. The lowest BCUT2D eigenvalue weighted by Gasteiger charge is -2.12. The van der Waals surface area contributed by atoms with Crippen molar-refractivity contribution >= 4 is 35.5 Å². The molecule has 0 spiro atoms. The van der Waals surface area contributed by atoms with E-state index >= 15 is 0 Å². The SMILES string of the molecule is N#Cc1c(SCc2ccc(Cl)cc2)nc2c(c1/C=C\c1ccccc1)CCC2. The minimum absolute atomic E-state index is 0.687. The number of pyridine rings is 1. The van der Waals surface area contributed by atoms with Crippen molar-refractivity contribution in [2.24, 2.45) is 0 Å². The van der Waals surface area contributed by atoms with Gasteiger partial charge in [-0.1, -0.05) is 66.2 Å². The van der Waals surface area contributed by atoms with Gasteiger partial charge < -0.3 is 0 Å². The van der Waals surface area contributed by atoms with Gasteiger partial charge in [-0.3, -0.25) is 0 Å². The van der Waals surface area contributed by atoms with Crippen LogP contribution < -0.4 is 0 Å². The third kappa shape index (κ3) is 4.14. The molecule has 1 aromatic heterocycles. The largest absolute Gasteiger partial charge is 0.245 e. The number of aromatic nitrogens is 1. The Balaban J connectivity index is 1.68. The third-order valence-electron chi connectivity index (χ3n) is 4.88. The fourth-order valence-electron chi connectivity index (χ4n) is 3.46. The molecule has 2 aromatic carbocycles. The molecule has 4 rings (SSSR count). The van der Waals surface area contributed by atoms with Gasteiger partial charge in [0, 0.05) is 16.5 Å². The van der Waals surface area contributed by atoms with Crippen molar-refractivity contribution in [2.75, 3.05) is 0 Å². The lowest BCUT2D eigenvalue weighted by molar-refractivity contribution is 0.891. The normalized spacial score (nSPS) is 12.9. The number of hydrogen-bond acceptors (Lipinski definition) is 3. The Bertz CT molecular complexity index is 1050. The van der Waals surface area contributed by atoms with Gasteiger partial charge in [0.05, 0.1) is 5.56 Å². The number of aryl methyl sites for hydroxylation is 1. The van der Waals surface area contributed by atoms with Crippen LogP contribution in [0.25, 0.3) is 12.2 Å².